The molecule has 0 saturated carbocycles. The van der Waals surface area contributed by atoms with Crippen molar-refractivity contribution in [1.82, 2.24) is 4.98 Å². The van der Waals surface area contributed by atoms with Crippen LogP contribution in [0.4, 0.5) is 4.39 Å². The highest BCUT2D eigenvalue weighted by Crippen LogP contribution is 2.51. The largest absolute Gasteiger partial charge is 0.326 e. The quantitative estimate of drug-likeness (QED) is 0.700. The topological polar surface area (TPSA) is 32.9 Å². The third kappa shape index (κ3) is 1.43. The summed E-state index contributed by atoms with van der Waals surface area (Å²) in [6, 6.07) is 3.06. The summed E-state index contributed by atoms with van der Waals surface area (Å²) in [4.78, 5) is 14.2. The summed E-state index contributed by atoms with van der Waals surface area (Å²) in [5, 5.41) is 0. The Labute approximate surface area is 105 Å². The van der Waals surface area contributed by atoms with E-state index in [2.05, 4.69) is 11.1 Å². The van der Waals surface area contributed by atoms with Crippen LogP contribution < -0.4 is 5.56 Å². The number of aromatic nitrogens is 1. The van der Waals surface area contributed by atoms with Crippen molar-refractivity contribution in [3.63, 3.8) is 0 Å². The van der Waals surface area contributed by atoms with Gasteiger partial charge in [0.15, 0.2) is 5.67 Å². The molecule has 2 bridgehead atoms. The monoisotopic (exact) mass is 245 g/mol. The number of aromatic amines is 1. The van der Waals surface area contributed by atoms with E-state index in [1.54, 1.807) is 6.07 Å². The van der Waals surface area contributed by atoms with Crippen LogP contribution in [0.2, 0.25) is 0 Å². The number of rotatable bonds is 0. The molecule has 2 nitrogen and oxygen atoms in total. The van der Waals surface area contributed by atoms with Crippen LogP contribution in [0, 0.1) is 5.92 Å². The van der Waals surface area contributed by atoms with Crippen molar-refractivity contribution in [2.45, 2.75) is 32.4 Å². The molecule has 0 fully saturated rings. The van der Waals surface area contributed by atoms with Gasteiger partial charge in [-0.05, 0) is 31.9 Å². The van der Waals surface area contributed by atoms with Crippen LogP contribution in [-0.2, 0) is 12.1 Å². The molecule has 18 heavy (non-hydrogen) atoms. The Bertz CT molecular complexity index is 626. The van der Waals surface area contributed by atoms with E-state index < -0.39 is 5.67 Å². The Morgan fingerprint density at radius 3 is 3.00 bits per heavy atom. The van der Waals surface area contributed by atoms with Crippen molar-refractivity contribution < 1.29 is 4.39 Å². The molecule has 1 aromatic heterocycles. The van der Waals surface area contributed by atoms with Gasteiger partial charge in [0.25, 0.3) is 0 Å². The van der Waals surface area contributed by atoms with Crippen LogP contribution in [0.1, 0.15) is 31.5 Å². The Morgan fingerprint density at radius 1 is 1.50 bits per heavy atom. The molecule has 0 radical (unpaired) electrons. The molecule has 1 heterocycles. The predicted octanol–water partition coefficient (Wildman–Crippen LogP) is 3.01. The normalized spacial score (nSPS) is 32.1. The van der Waals surface area contributed by atoms with Crippen LogP contribution in [-0.4, -0.2) is 4.98 Å². The lowest BCUT2D eigenvalue weighted by molar-refractivity contribution is 0.178. The zero-order chi connectivity index (χ0) is 12.9. The number of alkyl halides is 1. The number of halogens is 1. The first kappa shape index (κ1) is 11.5. The Morgan fingerprint density at radius 2 is 2.28 bits per heavy atom. The second-order valence-corrected chi connectivity index (χ2v) is 5.26. The molecule has 3 heteroatoms. The molecule has 2 atom stereocenters. The van der Waals surface area contributed by atoms with Crippen molar-refractivity contribution in [2.24, 2.45) is 5.92 Å². The summed E-state index contributed by atoms with van der Waals surface area (Å²) in [5.74, 6) is 0.0827. The van der Waals surface area contributed by atoms with Gasteiger partial charge in [-0.1, -0.05) is 17.7 Å². The molecule has 0 saturated heterocycles. The lowest BCUT2D eigenvalue weighted by Gasteiger charge is -2.42. The van der Waals surface area contributed by atoms with E-state index in [-0.39, 0.29) is 11.5 Å². The van der Waals surface area contributed by atoms with Gasteiger partial charge < -0.3 is 4.98 Å². The van der Waals surface area contributed by atoms with Crippen molar-refractivity contribution in [3.05, 3.63) is 57.0 Å². The maximum Gasteiger partial charge on any atom is 0.248 e. The summed E-state index contributed by atoms with van der Waals surface area (Å²) >= 11 is 0. The molecule has 0 aliphatic heterocycles. The SMILES string of the molecule is C/C=C1\C2C=C(C)CC1(F)c1ccc(=O)[nH]c1C2. The fourth-order valence-corrected chi connectivity index (χ4v) is 3.40. The average molecular weight is 245 g/mol. The highest BCUT2D eigenvalue weighted by molar-refractivity contribution is 5.47. The van der Waals surface area contributed by atoms with Crippen LogP contribution in [0.25, 0.3) is 0 Å². The summed E-state index contributed by atoms with van der Waals surface area (Å²) in [6.45, 7) is 3.87. The van der Waals surface area contributed by atoms with E-state index in [1.165, 1.54) is 6.07 Å². The van der Waals surface area contributed by atoms with Crippen molar-refractivity contribution in [3.8, 4) is 0 Å². The molecule has 2 aliphatic rings. The lowest BCUT2D eigenvalue weighted by atomic mass is 9.66. The second kappa shape index (κ2) is 3.67. The zero-order valence-electron chi connectivity index (χ0n) is 10.6. The number of fused-ring (bicyclic) bond motifs is 4. The molecule has 0 spiro atoms. The van der Waals surface area contributed by atoms with E-state index in [0.29, 0.717) is 18.4 Å². The summed E-state index contributed by atoms with van der Waals surface area (Å²) in [5.41, 5.74) is 1.73. The summed E-state index contributed by atoms with van der Waals surface area (Å²) < 4.78 is 15.4. The number of H-pyrrole nitrogens is 1. The maximum absolute atomic E-state index is 15.4. The molecule has 1 N–H and O–H groups in total. The minimum atomic E-state index is -1.43. The highest BCUT2D eigenvalue weighted by atomic mass is 19.1. The first-order chi connectivity index (χ1) is 8.54. The summed E-state index contributed by atoms with van der Waals surface area (Å²) in [6.07, 6.45) is 5.10. The minimum Gasteiger partial charge on any atom is -0.326 e. The van der Waals surface area contributed by atoms with Gasteiger partial charge in [-0.15, -0.1) is 0 Å². The number of pyridine rings is 1. The smallest absolute Gasteiger partial charge is 0.248 e. The van der Waals surface area contributed by atoms with Crippen LogP contribution in [0.3, 0.4) is 0 Å². The molecular formula is C15H16FNO. The Hall–Kier alpha value is -1.64. The van der Waals surface area contributed by atoms with Gasteiger partial charge >= 0.3 is 0 Å². The van der Waals surface area contributed by atoms with Gasteiger partial charge in [0, 0.05) is 29.7 Å². The van der Waals surface area contributed by atoms with Gasteiger partial charge in [-0.2, -0.15) is 0 Å². The number of allylic oxidation sites excluding steroid dienone is 4. The second-order valence-electron chi connectivity index (χ2n) is 5.26. The van der Waals surface area contributed by atoms with Gasteiger partial charge in [0.1, 0.15) is 0 Å². The van der Waals surface area contributed by atoms with Crippen LogP contribution >= 0.6 is 0 Å². The van der Waals surface area contributed by atoms with E-state index in [4.69, 9.17) is 0 Å². The fourth-order valence-electron chi connectivity index (χ4n) is 3.40. The van der Waals surface area contributed by atoms with Crippen LogP contribution in [0.5, 0.6) is 0 Å². The Kier molecular flexibility index (Phi) is 2.34. The maximum atomic E-state index is 15.4. The summed E-state index contributed by atoms with van der Waals surface area (Å²) in [7, 11) is 0. The van der Waals surface area contributed by atoms with Crippen LogP contribution in [0.15, 0.2) is 40.2 Å². The van der Waals surface area contributed by atoms with E-state index in [0.717, 1.165) is 16.8 Å². The number of hydrogen-bond donors (Lipinski definition) is 1. The number of hydrogen-bond acceptors (Lipinski definition) is 1. The molecule has 94 valence electrons. The minimum absolute atomic E-state index is 0.0827. The van der Waals surface area contributed by atoms with Gasteiger partial charge in [-0.25, -0.2) is 4.39 Å². The molecular weight excluding hydrogens is 229 g/mol. The third-order valence-corrected chi connectivity index (χ3v) is 4.03. The highest BCUT2D eigenvalue weighted by Gasteiger charge is 2.47. The molecule has 2 aliphatic carbocycles. The van der Waals surface area contributed by atoms with Gasteiger partial charge in [0.05, 0.1) is 0 Å². The zero-order valence-corrected chi connectivity index (χ0v) is 10.6. The van der Waals surface area contributed by atoms with Crippen molar-refractivity contribution in [2.75, 3.05) is 0 Å². The van der Waals surface area contributed by atoms with Gasteiger partial charge in [0.2, 0.25) is 5.56 Å². The Balaban J connectivity index is 2.28. The molecule has 0 aromatic carbocycles. The van der Waals surface area contributed by atoms with Crippen molar-refractivity contribution in [1.29, 1.82) is 0 Å². The standard InChI is InChI=1S/C15H16FNO/c1-3-11-10-6-9(2)8-15(11,16)12-4-5-14(18)17-13(12)7-10/h3-6,10H,7-8H2,1-2H3,(H,17,18)/b11-3+. The van der Waals surface area contributed by atoms with Crippen molar-refractivity contribution >= 4 is 0 Å². The molecule has 0 amide bonds. The van der Waals surface area contributed by atoms with E-state index in [9.17, 15) is 4.79 Å². The number of nitrogens with one attached hydrogen (secondary N) is 1. The predicted molar refractivity (Wildman–Crippen MR) is 69.2 cm³/mol. The average Bonchev–Trinajstić information content (AvgIpc) is 2.26. The van der Waals surface area contributed by atoms with E-state index in [1.807, 2.05) is 19.9 Å². The molecule has 2 unspecified atom stereocenters. The lowest BCUT2D eigenvalue weighted by Crippen LogP contribution is -2.38. The fraction of sp³-hybridized carbons (Fsp3) is 0.400. The first-order valence-corrected chi connectivity index (χ1v) is 6.30. The van der Waals surface area contributed by atoms with E-state index >= 15 is 4.39 Å². The first-order valence-electron chi connectivity index (χ1n) is 6.30. The van der Waals surface area contributed by atoms with Gasteiger partial charge in [-0.3, -0.25) is 4.79 Å². The third-order valence-electron chi connectivity index (χ3n) is 4.03. The molecule has 1 aromatic rings. The molecule has 3 rings (SSSR count).